The lowest BCUT2D eigenvalue weighted by Crippen LogP contribution is -2.36. The van der Waals surface area contributed by atoms with Crippen molar-refractivity contribution in [3.8, 4) is 0 Å². The average molecular weight is 299 g/mol. The van der Waals surface area contributed by atoms with E-state index in [1.807, 2.05) is 6.08 Å². The standard InChI is InChI=1S/C18H37NO2/c1-3-16(2)13-11-9-7-5-4-6-8-10-12-14-18(21)17(19)15-20/h12,14,16-18,20-21H,3-11,13,15,19H2,1-2H3/b14-12+/t16?,17-,18+/m0/s1. The number of unbranched alkanes of at least 4 members (excludes halogenated alkanes) is 7. The Bertz CT molecular complexity index is 243. The van der Waals surface area contributed by atoms with Gasteiger partial charge in [-0.2, -0.15) is 0 Å². The SMILES string of the molecule is CCC(C)CCCCCCCCC/C=C/[C@@H](O)[C@@H](N)CO. The van der Waals surface area contributed by atoms with Crippen molar-refractivity contribution in [2.45, 2.75) is 90.2 Å². The summed E-state index contributed by atoms with van der Waals surface area (Å²) in [6.45, 7) is 4.44. The zero-order chi connectivity index (χ0) is 15.9. The molecule has 0 aromatic carbocycles. The van der Waals surface area contributed by atoms with Gasteiger partial charge in [0.25, 0.3) is 0 Å². The van der Waals surface area contributed by atoms with E-state index in [1.165, 1.54) is 57.8 Å². The molecule has 0 saturated carbocycles. The van der Waals surface area contributed by atoms with Crippen molar-refractivity contribution in [3.05, 3.63) is 12.2 Å². The maximum atomic E-state index is 9.53. The van der Waals surface area contributed by atoms with Crippen molar-refractivity contribution >= 4 is 0 Å². The van der Waals surface area contributed by atoms with Crippen LogP contribution in [0.5, 0.6) is 0 Å². The van der Waals surface area contributed by atoms with Crippen molar-refractivity contribution in [2.75, 3.05) is 6.61 Å². The lowest BCUT2D eigenvalue weighted by Gasteiger charge is -2.11. The molecule has 1 unspecified atom stereocenters. The first-order valence-corrected chi connectivity index (χ1v) is 8.83. The summed E-state index contributed by atoms with van der Waals surface area (Å²) in [5.74, 6) is 0.895. The molecule has 0 amide bonds. The van der Waals surface area contributed by atoms with Gasteiger partial charge in [-0.3, -0.25) is 0 Å². The van der Waals surface area contributed by atoms with Gasteiger partial charge in [0.15, 0.2) is 0 Å². The van der Waals surface area contributed by atoms with Crippen molar-refractivity contribution in [1.82, 2.24) is 0 Å². The molecule has 0 aromatic rings. The van der Waals surface area contributed by atoms with Gasteiger partial charge in [0.05, 0.1) is 18.8 Å². The van der Waals surface area contributed by atoms with Crippen LogP contribution in [0.2, 0.25) is 0 Å². The molecule has 0 bridgehead atoms. The quantitative estimate of drug-likeness (QED) is 0.338. The van der Waals surface area contributed by atoms with Gasteiger partial charge in [-0.05, 0) is 18.8 Å². The Labute approximate surface area is 131 Å². The third-order valence-corrected chi connectivity index (χ3v) is 4.25. The van der Waals surface area contributed by atoms with Crippen LogP contribution in [0.15, 0.2) is 12.2 Å². The zero-order valence-corrected chi connectivity index (χ0v) is 14.1. The van der Waals surface area contributed by atoms with Crippen LogP contribution < -0.4 is 5.73 Å². The monoisotopic (exact) mass is 299 g/mol. The molecule has 0 fully saturated rings. The van der Waals surface area contributed by atoms with Crippen LogP contribution >= 0.6 is 0 Å². The van der Waals surface area contributed by atoms with E-state index in [1.54, 1.807) is 6.08 Å². The Morgan fingerprint density at radius 3 is 2.14 bits per heavy atom. The first-order chi connectivity index (χ1) is 10.1. The van der Waals surface area contributed by atoms with Gasteiger partial charge < -0.3 is 15.9 Å². The molecule has 0 radical (unpaired) electrons. The second-order valence-electron chi connectivity index (χ2n) is 6.33. The van der Waals surface area contributed by atoms with Crippen molar-refractivity contribution in [2.24, 2.45) is 11.7 Å². The summed E-state index contributed by atoms with van der Waals surface area (Å²) in [6.07, 6.45) is 15.9. The molecule has 0 spiro atoms. The van der Waals surface area contributed by atoms with E-state index in [0.29, 0.717) is 0 Å². The highest BCUT2D eigenvalue weighted by molar-refractivity contribution is 4.93. The molecule has 21 heavy (non-hydrogen) atoms. The second kappa shape index (κ2) is 14.6. The molecule has 3 nitrogen and oxygen atoms in total. The number of allylic oxidation sites excluding steroid dienone is 1. The van der Waals surface area contributed by atoms with E-state index in [9.17, 15) is 5.11 Å². The molecule has 0 aliphatic rings. The van der Waals surface area contributed by atoms with Gasteiger partial charge in [-0.1, -0.05) is 77.4 Å². The molecule has 0 saturated heterocycles. The minimum Gasteiger partial charge on any atom is -0.395 e. The van der Waals surface area contributed by atoms with Gasteiger partial charge in [0.1, 0.15) is 0 Å². The minimum atomic E-state index is -0.722. The molecule has 0 heterocycles. The smallest absolute Gasteiger partial charge is 0.0894 e. The molecule has 0 rings (SSSR count). The fourth-order valence-corrected chi connectivity index (χ4v) is 2.33. The van der Waals surface area contributed by atoms with Crippen LogP contribution in [0, 0.1) is 5.92 Å². The van der Waals surface area contributed by atoms with Gasteiger partial charge in [0, 0.05) is 0 Å². The van der Waals surface area contributed by atoms with Gasteiger partial charge in [0.2, 0.25) is 0 Å². The largest absolute Gasteiger partial charge is 0.395 e. The fourth-order valence-electron chi connectivity index (χ4n) is 2.33. The Balaban J connectivity index is 3.28. The maximum Gasteiger partial charge on any atom is 0.0894 e. The van der Waals surface area contributed by atoms with Crippen molar-refractivity contribution in [1.29, 1.82) is 0 Å². The van der Waals surface area contributed by atoms with Crippen molar-refractivity contribution in [3.63, 3.8) is 0 Å². The first kappa shape index (κ1) is 20.6. The molecule has 126 valence electrons. The Morgan fingerprint density at radius 1 is 1.00 bits per heavy atom. The predicted octanol–water partition coefficient (Wildman–Crippen LogP) is 3.78. The topological polar surface area (TPSA) is 66.5 Å². The zero-order valence-electron chi connectivity index (χ0n) is 14.1. The fraction of sp³-hybridized carbons (Fsp3) is 0.889. The molecule has 0 aliphatic carbocycles. The Kier molecular flexibility index (Phi) is 14.3. The number of aliphatic hydroxyl groups is 2. The van der Waals surface area contributed by atoms with Crippen LogP contribution in [-0.4, -0.2) is 29.0 Å². The molecule has 0 aromatic heterocycles. The van der Waals surface area contributed by atoms with Crippen LogP contribution in [0.4, 0.5) is 0 Å². The third kappa shape index (κ3) is 13.0. The second-order valence-corrected chi connectivity index (χ2v) is 6.33. The predicted molar refractivity (Wildman–Crippen MR) is 91.2 cm³/mol. The third-order valence-electron chi connectivity index (χ3n) is 4.25. The molecule has 3 atom stereocenters. The number of nitrogens with two attached hydrogens (primary N) is 1. The highest BCUT2D eigenvalue weighted by Gasteiger charge is 2.08. The molecule has 3 heteroatoms. The summed E-state index contributed by atoms with van der Waals surface area (Å²) >= 11 is 0. The minimum absolute atomic E-state index is 0.178. The average Bonchev–Trinajstić information content (AvgIpc) is 2.50. The summed E-state index contributed by atoms with van der Waals surface area (Å²) in [4.78, 5) is 0. The van der Waals surface area contributed by atoms with Crippen LogP contribution in [-0.2, 0) is 0 Å². The molecular weight excluding hydrogens is 262 g/mol. The number of rotatable bonds is 14. The van der Waals surface area contributed by atoms with E-state index in [-0.39, 0.29) is 6.61 Å². The normalized spacial score (nSPS) is 16.2. The number of aliphatic hydroxyl groups excluding tert-OH is 2. The van der Waals surface area contributed by atoms with E-state index < -0.39 is 12.1 Å². The molecule has 4 N–H and O–H groups in total. The van der Waals surface area contributed by atoms with Crippen molar-refractivity contribution < 1.29 is 10.2 Å². The van der Waals surface area contributed by atoms with E-state index in [2.05, 4.69) is 13.8 Å². The summed E-state index contributed by atoms with van der Waals surface area (Å²) in [6, 6.07) is -0.559. The van der Waals surface area contributed by atoms with Gasteiger partial charge in [-0.15, -0.1) is 0 Å². The summed E-state index contributed by atoms with van der Waals surface area (Å²) in [5, 5.41) is 18.3. The Hall–Kier alpha value is -0.380. The van der Waals surface area contributed by atoms with Crippen LogP contribution in [0.1, 0.15) is 78.1 Å². The lowest BCUT2D eigenvalue weighted by atomic mass is 9.99. The molecule has 0 aliphatic heterocycles. The maximum absolute atomic E-state index is 9.53. The molecular formula is C18H37NO2. The number of hydrogen-bond donors (Lipinski definition) is 3. The summed E-state index contributed by atoms with van der Waals surface area (Å²) < 4.78 is 0. The van der Waals surface area contributed by atoms with Gasteiger partial charge in [-0.25, -0.2) is 0 Å². The first-order valence-electron chi connectivity index (χ1n) is 8.83. The number of hydrogen-bond acceptors (Lipinski definition) is 3. The van der Waals surface area contributed by atoms with E-state index >= 15 is 0 Å². The van der Waals surface area contributed by atoms with E-state index in [0.717, 1.165) is 12.3 Å². The highest BCUT2D eigenvalue weighted by Crippen LogP contribution is 2.14. The lowest BCUT2D eigenvalue weighted by molar-refractivity contribution is 0.144. The summed E-state index contributed by atoms with van der Waals surface area (Å²) in [5.41, 5.74) is 5.51. The Morgan fingerprint density at radius 2 is 1.57 bits per heavy atom. The summed E-state index contributed by atoms with van der Waals surface area (Å²) in [7, 11) is 0. The van der Waals surface area contributed by atoms with Crippen LogP contribution in [0.3, 0.4) is 0 Å². The van der Waals surface area contributed by atoms with Gasteiger partial charge >= 0.3 is 0 Å². The van der Waals surface area contributed by atoms with E-state index in [4.69, 9.17) is 10.8 Å². The van der Waals surface area contributed by atoms with Crippen LogP contribution in [0.25, 0.3) is 0 Å². The highest BCUT2D eigenvalue weighted by atomic mass is 16.3.